The van der Waals surface area contributed by atoms with Gasteiger partial charge in [0.05, 0.1) is 12.2 Å². The molecule has 2 rings (SSSR count). The van der Waals surface area contributed by atoms with Crippen molar-refractivity contribution in [3.05, 3.63) is 0 Å². The molecule has 5 heteroatoms. The van der Waals surface area contributed by atoms with E-state index in [0.717, 1.165) is 45.4 Å². The summed E-state index contributed by atoms with van der Waals surface area (Å²) in [6.07, 6.45) is 4.25. The minimum Gasteiger partial charge on any atom is -0.373 e. The number of rotatable bonds is 5. The van der Waals surface area contributed by atoms with Crippen LogP contribution in [0, 0.1) is 0 Å². The molecule has 1 amide bonds. The maximum absolute atomic E-state index is 12.2. The second-order valence-corrected chi connectivity index (χ2v) is 6.25. The van der Waals surface area contributed by atoms with Gasteiger partial charge in [-0.05, 0) is 39.7 Å². The molecule has 116 valence electrons. The number of carbonyl (C=O) groups excluding carboxylic acids is 1. The number of hydrogen-bond acceptors (Lipinski definition) is 4. The number of carbonyl (C=O) groups is 1. The third-order valence-electron chi connectivity index (χ3n) is 4.26. The molecule has 2 aliphatic heterocycles. The maximum atomic E-state index is 12.2. The maximum Gasteiger partial charge on any atom is 0.222 e. The average Bonchev–Trinajstić information content (AvgIpc) is 2.82. The van der Waals surface area contributed by atoms with Crippen LogP contribution in [0.25, 0.3) is 0 Å². The molecule has 3 atom stereocenters. The molecule has 0 aliphatic carbocycles. The highest BCUT2D eigenvalue weighted by molar-refractivity contribution is 5.76. The molecule has 0 aromatic carbocycles. The molecular weight excluding hydrogens is 254 g/mol. The average molecular weight is 283 g/mol. The van der Waals surface area contributed by atoms with Gasteiger partial charge in [0.25, 0.3) is 0 Å². The Labute approximate surface area is 122 Å². The highest BCUT2D eigenvalue weighted by atomic mass is 16.5. The van der Waals surface area contributed by atoms with Crippen LogP contribution in [0.15, 0.2) is 0 Å². The van der Waals surface area contributed by atoms with Crippen LogP contribution in [0.5, 0.6) is 0 Å². The Bertz CT molecular complexity index is 314. The van der Waals surface area contributed by atoms with Crippen LogP contribution >= 0.6 is 0 Å². The fourth-order valence-corrected chi connectivity index (χ4v) is 3.48. The first-order valence-electron chi connectivity index (χ1n) is 7.97. The van der Waals surface area contributed by atoms with Gasteiger partial charge in [-0.1, -0.05) is 0 Å². The fourth-order valence-electron chi connectivity index (χ4n) is 3.48. The van der Waals surface area contributed by atoms with E-state index in [0.29, 0.717) is 31.2 Å². The molecule has 0 radical (unpaired) electrons. The Balaban J connectivity index is 1.85. The van der Waals surface area contributed by atoms with Crippen molar-refractivity contribution in [3.8, 4) is 0 Å². The third-order valence-corrected chi connectivity index (χ3v) is 4.26. The van der Waals surface area contributed by atoms with Crippen molar-refractivity contribution in [3.63, 3.8) is 0 Å². The minimum absolute atomic E-state index is 0.285. The Morgan fingerprint density at radius 3 is 2.65 bits per heavy atom. The normalized spacial score (nSPS) is 31.8. The number of morpholine rings is 1. The molecule has 2 heterocycles. The summed E-state index contributed by atoms with van der Waals surface area (Å²) in [6, 6.07) is 0.387. The van der Waals surface area contributed by atoms with Gasteiger partial charge in [-0.25, -0.2) is 0 Å². The summed E-state index contributed by atoms with van der Waals surface area (Å²) in [5, 5.41) is 0. The molecule has 2 N–H and O–H groups in total. The first kappa shape index (κ1) is 15.7. The number of nitrogens with zero attached hydrogens (tertiary/aromatic N) is 2. The van der Waals surface area contributed by atoms with Crippen molar-refractivity contribution < 1.29 is 9.53 Å². The van der Waals surface area contributed by atoms with Gasteiger partial charge in [-0.15, -0.1) is 0 Å². The van der Waals surface area contributed by atoms with E-state index in [1.54, 1.807) is 0 Å². The van der Waals surface area contributed by atoms with Gasteiger partial charge in [0, 0.05) is 38.6 Å². The molecule has 0 saturated carbocycles. The van der Waals surface area contributed by atoms with Crippen molar-refractivity contribution in [2.75, 3.05) is 32.7 Å². The van der Waals surface area contributed by atoms with Crippen molar-refractivity contribution in [2.24, 2.45) is 5.73 Å². The van der Waals surface area contributed by atoms with E-state index in [-0.39, 0.29) is 5.91 Å². The lowest BCUT2D eigenvalue weighted by Gasteiger charge is -2.38. The predicted octanol–water partition coefficient (Wildman–Crippen LogP) is 0.826. The van der Waals surface area contributed by atoms with E-state index in [9.17, 15) is 4.79 Å². The lowest BCUT2D eigenvalue weighted by molar-refractivity contribution is -0.133. The molecule has 0 aromatic rings. The lowest BCUT2D eigenvalue weighted by Crippen LogP contribution is -2.50. The van der Waals surface area contributed by atoms with Gasteiger partial charge in [0.15, 0.2) is 0 Å². The topological polar surface area (TPSA) is 58.8 Å². The summed E-state index contributed by atoms with van der Waals surface area (Å²) < 4.78 is 5.77. The third kappa shape index (κ3) is 4.17. The van der Waals surface area contributed by atoms with E-state index in [4.69, 9.17) is 10.5 Å². The Morgan fingerprint density at radius 1 is 1.30 bits per heavy atom. The zero-order valence-electron chi connectivity index (χ0n) is 12.9. The van der Waals surface area contributed by atoms with Crippen LogP contribution in [0.2, 0.25) is 0 Å². The van der Waals surface area contributed by atoms with Crippen LogP contribution in [-0.4, -0.2) is 66.7 Å². The van der Waals surface area contributed by atoms with E-state index in [2.05, 4.69) is 23.6 Å². The molecule has 5 nitrogen and oxygen atoms in total. The Hall–Kier alpha value is -0.650. The van der Waals surface area contributed by atoms with Gasteiger partial charge in [0.1, 0.15) is 0 Å². The number of hydrogen-bond donors (Lipinski definition) is 1. The second kappa shape index (κ2) is 7.38. The van der Waals surface area contributed by atoms with Crippen molar-refractivity contribution >= 4 is 5.91 Å². The van der Waals surface area contributed by atoms with E-state index in [1.807, 2.05) is 0 Å². The lowest BCUT2D eigenvalue weighted by atomic mass is 10.1. The zero-order valence-corrected chi connectivity index (χ0v) is 12.9. The van der Waals surface area contributed by atoms with Gasteiger partial charge in [-0.2, -0.15) is 0 Å². The molecule has 3 unspecified atom stereocenters. The SMILES string of the molecule is CC1CN(CC2CCCN2C(=O)CCCN)CC(C)O1. The van der Waals surface area contributed by atoms with Gasteiger partial charge >= 0.3 is 0 Å². The molecule has 2 fully saturated rings. The summed E-state index contributed by atoms with van der Waals surface area (Å²) in [5.41, 5.74) is 5.50. The minimum atomic E-state index is 0.285. The molecule has 2 saturated heterocycles. The smallest absolute Gasteiger partial charge is 0.222 e. The largest absolute Gasteiger partial charge is 0.373 e. The fraction of sp³-hybridized carbons (Fsp3) is 0.933. The molecular formula is C15H29N3O2. The number of likely N-dealkylation sites (tertiary alicyclic amines) is 1. The molecule has 20 heavy (non-hydrogen) atoms. The van der Waals surface area contributed by atoms with Crippen molar-refractivity contribution in [1.82, 2.24) is 9.80 Å². The predicted molar refractivity (Wildman–Crippen MR) is 79.5 cm³/mol. The van der Waals surface area contributed by atoms with E-state index in [1.165, 1.54) is 0 Å². The van der Waals surface area contributed by atoms with E-state index >= 15 is 0 Å². The summed E-state index contributed by atoms with van der Waals surface area (Å²) in [6.45, 7) is 8.72. The summed E-state index contributed by atoms with van der Waals surface area (Å²) in [7, 11) is 0. The quantitative estimate of drug-likeness (QED) is 0.812. The van der Waals surface area contributed by atoms with Crippen LogP contribution in [0.1, 0.15) is 39.5 Å². The first-order chi connectivity index (χ1) is 9.60. The zero-order chi connectivity index (χ0) is 14.5. The number of amides is 1. The highest BCUT2D eigenvalue weighted by Crippen LogP contribution is 2.21. The van der Waals surface area contributed by atoms with Gasteiger partial charge in [-0.3, -0.25) is 9.69 Å². The highest BCUT2D eigenvalue weighted by Gasteiger charge is 2.31. The van der Waals surface area contributed by atoms with Gasteiger partial charge < -0.3 is 15.4 Å². The first-order valence-corrected chi connectivity index (χ1v) is 7.97. The molecule has 0 spiro atoms. The van der Waals surface area contributed by atoms with E-state index < -0.39 is 0 Å². The summed E-state index contributed by atoms with van der Waals surface area (Å²) >= 11 is 0. The van der Waals surface area contributed by atoms with Crippen LogP contribution in [-0.2, 0) is 9.53 Å². The Morgan fingerprint density at radius 2 is 2.00 bits per heavy atom. The monoisotopic (exact) mass is 283 g/mol. The Kier molecular flexibility index (Phi) is 5.81. The van der Waals surface area contributed by atoms with Crippen LogP contribution in [0.3, 0.4) is 0 Å². The second-order valence-electron chi connectivity index (χ2n) is 6.25. The van der Waals surface area contributed by atoms with Crippen LogP contribution in [0.4, 0.5) is 0 Å². The van der Waals surface area contributed by atoms with Gasteiger partial charge in [0.2, 0.25) is 5.91 Å². The number of nitrogens with two attached hydrogens (primary N) is 1. The van der Waals surface area contributed by atoms with Crippen molar-refractivity contribution in [2.45, 2.75) is 57.8 Å². The summed E-state index contributed by atoms with van der Waals surface area (Å²) in [4.78, 5) is 16.8. The summed E-state index contributed by atoms with van der Waals surface area (Å²) in [5.74, 6) is 0.285. The molecule has 2 aliphatic rings. The number of ether oxygens (including phenoxy) is 1. The molecule has 0 bridgehead atoms. The van der Waals surface area contributed by atoms with Crippen molar-refractivity contribution in [1.29, 1.82) is 0 Å². The molecule has 0 aromatic heterocycles. The standard InChI is InChI=1S/C15H29N3O2/c1-12-9-17(10-13(2)20-12)11-14-5-4-8-18(14)15(19)6-3-7-16/h12-14H,3-11,16H2,1-2H3. The van der Waals surface area contributed by atoms with Crippen LogP contribution < -0.4 is 5.73 Å².